The molecule has 0 bridgehead atoms. The molecule has 2 heterocycles. The molecular weight excluding hydrogens is 360 g/mol. The van der Waals surface area contributed by atoms with Crippen molar-refractivity contribution in [2.75, 3.05) is 20.8 Å². The van der Waals surface area contributed by atoms with Crippen molar-refractivity contribution >= 4 is 11.8 Å². The van der Waals surface area contributed by atoms with E-state index in [1.165, 1.54) is 0 Å². The molecule has 2 amide bonds. The molecule has 1 aromatic heterocycles. The zero-order valence-electron chi connectivity index (χ0n) is 16.1. The van der Waals surface area contributed by atoms with E-state index in [4.69, 9.17) is 13.9 Å². The summed E-state index contributed by atoms with van der Waals surface area (Å²) in [6.07, 6.45) is 3.52. The highest BCUT2D eigenvalue weighted by Gasteiger charge is 2.36. The number of rotatable bonds is 6. The van der Waals surface area contributed by atoms with Gasteiger partial charge in [-0.25, -0.2) is 0 Å². The van der Waals surface area contributed by atoms with Crippen LogP contribution >= 0.6 is 0 Å². The minimum absolute atomic E-state index is 0.0187. The van der Waals surface area contributed by atoms with Gasteiger partial charge in [-0.2, -0.15) is 0 Å². The fourth-order valence-electron chi connectivity index (χ4n) is 4.06. The first-order chi connectivity index (χ1) is 13.6. The molecule has 0 saturated carbocycles. The van der Waals surface area contributed by atoms with Crippen molar-refractivity contribution in [1.29, 1.82) is 0 Å². The molecule has 7 nitrogen and oxygen atoms in total. The average molecular weight is 384 g/mol. The van der Waals surface area contributed by atoms with Gasteiger partial charge in [-0.05, 0) is 48.2 Å². The number of furan rings is 1. The van der Waals surface area contributed by atoms with Crippen LogP contribution in [0, 0.1) is 5.92 Å². The summed E-state index contributed by atoms with van der Waals surface area (Å²) in [5.41, 5.74) is 2.22. The van der Waals surface area contributed by atoms with Gasteiger partial charge in [-0.3, -0.25) is 9.59 Å². The lowest BCUT2D eigenvalue weighted by molar-refractivity contribution is -0.129. The second-order valence-corrected chi connectivity index (χ2v) is 7.26. The molecule has 0 radical (unpaired) electrons. The molecule has 1 aliphatic heterocycles. The van der Waals surface area contributed by atoms with E-state index >= 15 is 0 Å². The number of benzene rings is 1. The molecule has 2 aliphatic rings. The number of hydrogen-bond acceptors (Lipinski definition) is 5. The third-order valence-corrected chi connectivity index (χ3v) is 5.55. The Balaban J connectivity index is 1.42. The van der Waals surface area contributed by atoms with Gasteiger partial charge in [0.1, 0.15) is 5.76 Å². The Morgan fingerprint density at radius 2 is 2.07 bits per heavy atom. The molecule has 2 aromatic rings. The summed E-state index contributed by atoms with van der Waals surface area (Å²) >= 11 is 0. The number of carbonyl (C=O) groups excluding carboxylic acids is 2. The molecule has 7 heteroatoms. The number of ether oxygens (including phenoxy) is 2. The number of aryl methyl sites for hydroxylation is 1. The molecule has 148 valence electrons. The quantitative estimate of drug-likeness (QED) is 0.827. The van der Waals surface area contributed by atoms with Gasteiger partial charge in [0.2, 0.25) is 11.8 Å². The van der Waals surface area contributed by atoms with E-state index in [1.807, 2.05) is 18.2 Å². The second kappa shape index (κ2) is 7.58. The van der Waals surface area contributed by atoms with Gasteiger partial charge in [0.15, 0.2) is 11.5 Å². The largest absolute Gasteiger partial charge is 0.493 e. The van der Waals surface area contributed by atoms with Crippen LogP contribution in [0.5, 0.6) is 11.5 Å². The van der Waals surface area contributed by atoms with Crippen LogP contribution in [0.1, 0.15) is 35.8 Å². The molecule has 0 spiro atoms. The van der Waals surface area contributed by atoms with E-state index in [-0.39, 0.29) is 30.2 Å². The number of methoxy groups -OCH3 is 2. The summed E-state index contributed by atoms with van der Waals surface area (Å²) in [5, 5.41) is 3.13. The van der Waals surface area contributed by atoms with Crippen molar-refractivity contribution in [1.82, 2.24) is 10.2 Å². The van der Waals surface area contributed by atoms with Gasteiger partial charge in [0.05, 0.1) is 39.0 Å². The van der Waals surface area contributed by atoms with Crippen LogP contribution in [0.15, 0.2) is 34.9 Å². The summed E-state index contributed by atoms with van der Waals surface area (Å²) in [6.45, 7) is 0.815. The lowest BCUT2D eigenvalue weighted by atomic mass is 10.0. The normalized spacial score (nSPS) is 20.9. The topological polar surface area (TPSA) is 81.0 Å². The maximum Gasteiger partial charge on any atom is 0.225 e. The number of carbonyl (C=O) groups is 2. The van der Waals surface area contributed by atoms with E-state index in [1.54, 1.807) is 31.4 Å². The third kappa shape index (κ3) is 3.44. The summed E-state index contributed by atoms with van der Waals surface area (Å²) in [5.74, 6) is 1.63. The predicted molar refractivity (Wildman–Crippen MR) is 101 cm³/mol. The first-order valence-electron chi connectivity index (χ1n) is 9.44. The first-order valence-corrected chi connectivity index (χ1v) is 9.44. The van der Waals surface area contributed by atoms with Gasteiger partial charge in [-0.15, -0.1) is 0 Å². The highest BCUT2D eigenvalue weighted by Crippen LogP contribution is 2.39. The Hall–Kier alpha value is -2.96. The Labute approximate surface area is 163 Å². The van der Waals surface area contributed by atoms with Crippen LogP contribution in [0.25, 0.3) is 0 Å². The molecule has 1 saturated heterocycles. The van der Waals surface area contributed by atoms with Crippen molar-refractivity contribution in [2.45, 2.75) is 31.8 Å². The molecule has 0 unspecified atom stereocenters. The minimum atomic E-state index is -0.341. The Morgan fingerprint density at radius 1 is 1.29 bits per heavy atom. The van der Waals surface area contributed by atoms with Gasteiger partial charge < -0.3 is 24.1 Å². The monoisotopic (exact) mass is 384 g/mol. The van der Waals surface area contributed by atoms with E-state index < -0.39 is 0 Å². The SMILES string of the molecule is COc1cc2c(cc1OC)[C@H](NC(=O)[C@H]1CC(=O)N(Cc3ccco3)C1)CC2. The summed E-state index contributed by atoms with van der Waals surface area (Å²) < 4.78 is 16.1. The molecule has 1 aromatic carbocycles. The number of nitrogens with one attached hydrogen (secondary N) is 1. The Kier molecular flexibility index (Phi) is 4.98. The number of hydrogen-bond donors (Lipinski definition) is 1. The van der Waals surface area contributed by atoms with E-state index in [9.17, 15) is 9.59 Å². The Bertz CT molecular complexity index is 877. The van der Waals surface area contributed by atoms with E-state index in [0.29, 0.717) is 24.6 Å². The maximum atomic E-state index is 12.8. The van der Waals surface area contributed by atoms with E-state index in [2.05, 4.69) is 5.32 Å². The van der Waals surface area contributed by atoms with Crippen LogP contribution in [-0.2, 0) is 22.6 Å². The van der Waals surface area contributed by atoms with Crippen molar-refractivity contribution in [3.8, 4) is 11.5 Å². The smallest absolute Gasteiger partial charge is 0.225 e. The summed E-state index contributed by atoms with van der Waals surface area (Å²) in [4.78, 5) is 26.8. The lowest BCUT2D eigenvalue weighted by Crippen LogP contribution is -2.34. The zero-order chi connectivity index (χ0) is 19.7. The van der Waals surface area contributed by atoms with Crippen molar-refractivity contribution in [2.24, 2.45) is 5.92 Å². The molecule has 1 aliphatic carbocycles. The molecule has 1 N–H and O–H groups in total. The fraction of sp³-hybridized carbons (Fsp3) is 0.429. The maximum absolute atomic E-state index is 12.8. The van der Waals surface area contributed by atoms with Gasteiger partial charge in [0, 0.05) is 13.0 Å². The first kappa shape index (κ1) is 18.4. The third-order valence-electron chi connectivity index (χ3n) is 5.55. The Morgan fingerprint density at radius 3 is 2.79 bits per heavy atom. The molecule has 4 rings (SSSR count). The molecule has 1 fully saturated rings. The van der Waals surface area contributed by atoms with Crippen molar-refractivity contribution in [3.05, 3.63) is 47.4 Å². The fourth-order valence-corrected chi connectivity index (χ4v) is 4.06. The number of likely N-dealkylation sites (tertiary alicyclic amines) is 1. The van der Waals surface area contributed by atoms with Gasteiger partial charge >= 0.3 is 0 Å². The molecular formula is C21H24N2O5. The summed E-state index contributed by atoms with van der Waals surface area (Å²) in [7, 11) is 3.22. The highest BCUT2D eigenvalue weighted by atomic mass is 16.5. The minimum Gasteiger partial charge on any atom is -0.493 e. The van der Waals surface area contributed by atoms with Crippen LogP contribution < -0.4 is 14.8 Å². The van der Waals surface area contributed by atoms with Crippen molar-refractivity contribution in [3.63, 3.8) is 0 Å². The van der Waals surface area contributed by atoms with Crippen LogP contribution in [-0.4, -0.2) is 37.5 Å². The van der Waals surface area contributed by atoms with E-state index in [0.717, 1.165) is 29.7 Å². The molecule has 2 atom stereocenters. The highest BCUT2D eigenvalue weighted by molar-refractivity contribution is 5.89. The number of nitrogens with zero attached hydrogens (tertiary/aromatic N) is 1. The molecule has 28 heavy (non-hydrogen) atoms. The van der Waals surface area contributed by atoms with Crippen LogP contribution in [0.3, 0.4) is 0 Å². The van der Waals surface area contributed by atoms with Gasteiger partial charge in [-0.1, -0.05) is 0 Å². The van der Waals surface area contributed by atoms with Crippen molar-refractivity contribution < 1.29 is 23.5 Å². The zero-order valence-corrected chi connectivity index (χ0v) is 16.1. The van der Waals surface area contributed by atoms with Crippen LogP contribution in [0.2, 0.25) is 0 Å². The van der Waals surface area contributed by atoms with Gasteiger partial charge in [0.25, 0.3) is 0 Å². The lowest BCUT2D eigenvalue weighted by Gasteiger charge is -2.19. The number of amides is 2. The second-order valence-electron chi connectivity index (χ2n) is 7.26. The predicted octanol–water partition coefficient (Wildman–Crippen LogP) is 2.45. The average Bonchev–Trinajstić information content (AvgIpc) is 3.43. The standard InChI is InChI=1S/C21H24N2O5/c1-26-18-8-13-5-6-17(16(13)10-19(18)27-2)22-21(25)14-9-20(24)23(11-14)12-15-4-3-7-28-15/h3-4,7-8,10,14,17H,5-6,9,11-12H2,1-2H3,(H,22,25)/t14-,17+/m0/s1. The number of fused-ring (bicyclic) bond motifs is 1. The summed E-state index contributed by atoms with van der Waals surface area (Å²) in [6, 6.07) is 7.47. The van der Waals surface area contributed by atoms with Crippen LogP contribution in [0.4, 0.5) is 0 Å².